The summed E-state index contributed by atoms with van der Waals surface area (Å²) in [5, 5.41) is 6.54. The second-order valence-corrected chi connectivity index (χ2v) is 10.7. The largest absolute Gasteiger partial charge is 0.481 e. The number of carboxylic acids is 1. The Balaban J connectivity index is 2.06. The molecule has 0 spiro atoms. The molecule has 0 aromatic carbocycles. The van der Waals surface area contributed by atoms with E-state index < -0.39 is 48.7 Å². The van der Waals surface area contributed by atoms with Crippen LogP contribution in [0.5, 0.6) is 0 Å². The Morgan fingerprint density at radius 1 is 0.926 bits per heavy atom. The summed E-state index contributed by atoms with van der Waals surface area (Å²) >= 11 is 0. The van der Waals surface area contributed by atoms with E-state index in [4.69, 9.17) is 4.74 Å². The molecule has 2 rings (SSSR count). The molecule has 27 heavy (non-hydrogen) atoms. The van der Waals surface area contributed by atoms with Crippen molar-refractivity contribution in [2.24, 2.45) is 17.8 Å². The molecule has 3 N–H and O–H groups in total. The molecule has 0 bridgehead atoms. The van der Waals surface area contributed by atoms with Crippen molar-refractivity contribution in [3.05, 3.63) is 0 Å². The third-order valence-corrected chi connectivity index (χ3v) is 8.27. The van der Waals surface area contributed by atoms with E-state index in [9.17, 15) is 40.6 Å². The molecular formula is C15H24O10S2. The molecule has 10 nitrogen and oxygen atoms in total. The third-order valence-electron chi connectivity index (χ3n) is 5.72. The summed E-state index contributed by atoms with van der Waals surface area (Å²) in [5.74, 6) is -2.78. The van der Waals surface area contributed by atoms with E-state index in [1.807, 2.05) is 0 Å². The van der Waals surface area contributed by atoms with Crippen LogP contribution in [0.1, 0.15) is 44.9 Å². The Hall–Kier alpha value is -1.24. The number of hydrogen-bond acceptors (Lipinski definition) is 7. The van der Waals surface area contributed by atoms with Gasteiger partial charge in [0.05, 0.1) is 11.2 Å². The standard InChI is InChI=1S/C15H24O10S2/c16-8-25-12-4-2-10(7-14(12)27(22,23)24)5-9-1-3-11(15(17)18)13(6-9)26(19,20)21/h8-14H,1-7H2,(H,17,18)(H,19,20,21)(H,22,23,24). The fourth-order valence-corrected chi connectivity index (χ4v) is 6.73. The SMILES string of the molecule is O=COC1CCC(CC2CCC(C(=O)O)C(S(=O)(=O)O)C2)CC1S(=O)(=O)O. The average Bonchev–Trinajstić information content (AvgIpc) is 2.54. The molecular weight excluding hydrogens is 404 g/mol. The molecule has 2 saturated carbocycles. The Morgan fingerprint density at radius 3 is 1.93 bits per heavy atom. The van der Waals surface area contributed by atoms with E-state index >= 15 is 0 Å². The molecule has 12 heteroatoms. The summed E-state index contributed by atoms with van der Waals surface area (Å²) in [5.41, 5.74) is 0. The van der Waals surface area contributed by atoms with Gasteiger partial charge in [-0.2, -0.15) is 16.8 Å². The zero-order valence-electron chi connectivity index (χ0n) is 14.5. The van der Waals surface area contributed by atoms with E-state index in [0.717, 1.165) is 0 Å². The normalized spacial score (nSPS) is 35.3. The van der Waals surface area contributed by atoms with Crippen molar-refractivity contribution >= 4 is 32.7 Å². The van der Waals surface area contributed by atoms with Crippen LogP contribution in [0.15, 0.2) is 0 Å². The molecule has 6 unspecified atom stereocenters. The van der Waals surface area contributed by atoms with E-state index in [1.54, 1.807) is 0 Å². The first-order valence-electron chi connectivity index (χ1n) is 8.68. The number of hydrogen-bond donors (Lipinski definition) is 3. The van der Waals surface area contributed by atoms with E-state index in [0.29, 0.717) is 19.3 Å². The highest BCUT2D eigenvalue weighted by atomic mass is 32.2. The van der Waals surface area contributed by atoms with Gasteiger partial charge < -0.3 is 9.84 Å². The van der Waals surface area contributed by atoms with Crippen molar-refractivity contribution in [1.82, 2.24) is 0 Å². The van der Waals surface area contributed by atoms with Crippen LogP contribution in [-0.4, -0.2) is 60.1 Å². The summed E-state index contributed by atoms with van der Waals surface area (Å²) in [6.07, 6.45) is 0.893. The maximum Gasteiger partial charge on any atom is 0.307 e. The van der Waals surface area contributed by atoms with Crippen LogP contribution in [-0.2, 0) is 34.6 Å². The van der Waals surface area contributed by atoms with Gasteiger partial charge in [0.25, 0.3) is 26.7 Å². The molecule has 0 aliphatic heterocycles. The first-order chi connectivity index (χ1) is 12.4. The quantitative estimate of drug-likeness (QED) is 0.387. The number of carbonyl (C=O) groups excluding carboxylic acids is 1. The summed E-state index contributed by atoms with van der Waals surface area (Å²) in [4.78, 5) is 21.8. The van der Waals surface area contributed by atoms with Crippen LogP contribution in [0, 0.1) is 17.8 Å². The van der Waals surface area contributed by atoms with Crippen LogP contribution >= 0.6 is 0 Å². The van der Waals surface area contributed by atoms with Crippen LogP contribution in [0.2, 0.25) is 0 Å². The highest BCUT2D eigenvalue weighted by molar-refractivity contribution is 7.86. The summed E-state index contributed by atoms with van der Waals surface area (Å²) in [6, 6.07) is 0. The van der Waals surface area contributed by atoms with Gasteiger partial charge in [0.2, 0.25) is 0 Å². The maximum absolute atomic E-state index is 11.6. The lowest BCUT2D eigenvalue weighted by Gasteiger charge is -2.37. The molecule has 0 aromatic heterocycles. The van der Waals surface area contributed by atoms with Gasteiger partial charge in [0.15, 0.2) is 0 Å². The van der Waals surface area contributed by atoms with Crippen LogP contribution in [0.3, 0.4) is 0 Å². The molecule has 2 aliphatic carbocycles. The Bertz CT molecular complexity index is 759. The van der Waals surface area contributed by atoms with Crippen molar-refractivity contribution in [2.75, 3.05) is 0 Å². The molecule has 2 aliphatic rings. The monoisotopic (exact) mass is 428 g/mol. The minimum absolute atomic E-state index is 0.0168. The molecule has 0 radical (unpaired) electrons. The molecule has 2 fully saturated rings. The fraction of sp³-hybridized carbons (Fsp3) is 0.867. The maximum atomic E-state index is 11.6. The second kappa shape index (κ2) is 8.41. The van der Waals surface area contributed by atoms with Crippen molar-refractivity contribution in [3.8, 4) is 0 Å². The number of aliphatic carboxylic acids is 1. The summed E-state index contributed by atoms with van der Waals surface area (Å²) in [7, 11) is -8.94. The number of carbonyl (C=O) groups is 2. The first kappa shape index (κ1) is 22.1. The van der Waals surface area contributed by atoms with Gasteiger partial charge in [0, 0.05) is 0 Å². The van der Waals surface area contributed by atoms with Gasteiger partial charge in [-0.3, -0.25) is 18.7 Å². The van der Waals surface area contributed by atoms with Gasteiger partial charge in [-0.05, 0) is 56.8 Å². The molecule has 156 valence electrons. The van der Waals surface area contributed by atoms with Gasteiger partial charge in [-0.25, -0.2) is 0 Å². The van der Waals surface area contributed by atoms with E-state index in [1.165, 1.54) is 0 Å². The first-order valence-corrected chi connectivity index (χ1v) is 11.7. The van der Waals surface area contributed by atoms with Gasteiger partial charge in [-0.15, -0.1) is 0 Å². The molecule has 0 saturated heterocycles. The van der Waals surface area contributed by atoms with Crippen molar-refractivity contribution in [2.45, 2.75) is 61.5 Å². The van der Waals surface area contributed by atoms with Crippen molar-refractivity contribution in [1.29, 1.82) is 0 Å². The number of rotatable bonds is 7. The topological polar surface area (TPSA) is 172 Å². The van der Waals surface area contributed by atoms with Crippen molar-refractivity contribution in [3.63, 3.8) is 0 Å². The lowest BCUT2D eigenvalue weighted by molar-refractivity contribution is -0.143. The fourth-order valence-electron chi connectivity index (χ4n) is 4.45. The van der Waals surface area contributed by atoms with Gasteiger partial charge in [-0.1, -0.05) is 0 Å². The zero-order valence-corrected chi connectivity index (χ0v) is 16.1. The minimum atomic E-state index is -4.52. The highest BCUT2D eigenvalue weighted by Gasteiger charge is 2.44. The van der Waals surface area contributed by atoms with E-state index in [2.05, 4.69) is 0 Å². The Morgan fingerprint density at radius 2 is 1.44 bits per heavy atom. The second-order valence-electron chi connectivity index (χ2n) is 7.42. The number of ether oxygens (including phenoxy) is 1. The lowest BCUT2D eigenvalue weighted by atomic mass is 9.74. The summed E-state index contributed by atoms with van der Waals surface area (Å²) < 4.78 is 69.9. The van der Waals surface area contributed by atoms with Crippen LogP contribution in [0.25, 0.3) is 0 Å². The molecule has 0 amide bonds. The molecule has 0 heterocycles. The predicted molar refractivity (Wildman–Crippen MR) is 92.0 cm³/mol. The van der Waals surface area contributed by atoms with Crippen LogP contribution < -0.4 is 0 Å². The van der Waals surface area contributed by atoms with Crippen LogP contribution in [0.4, 0.5) is 0 Å². The van der Waals surface area contributed by atoms with Gasteiger partial charge in [0.1, 0.15) is 11.4 Å². The third kappa shape index (κ3) is 5.62. The summed E-state index contributed by atoms with van der Waals surface area (Å²) in [6.45, 7) is 0.146. The molecule has 0 aromatic rings. The Kier molecular flexibility index (Phi) is 6.87. The smallest absolute Gasteiger partial charge is 0.307 e. The van der Waals surface area contributed by atoms with Crippen molar-refractivity contribution < 1.29 is 45.4 Å². The number of carboxylic acid groups (broad SMARTS) is 1. The average molecular weight is 428 g/mol. The zero-order chi connectivity index (χ0) is 20.4. The lowest BCUT2D eigenvalue weighted by Crippen LogP contribution is -2.43. The Labute approximate surface area is 157 Å². The highest BCUT2D eigenvalue weighted by Crippen LogP contribution is 2.40. The minimum Gasteiger partial charge on any atom is -0.481 e. The predicted octanol–water partition coefficient (Wildman–Crippen LogP) is 0.732. The molecule has 6 atom stereocenters. The van der Waals surface area contributed by atoms with Gasteiger partial charge >= 0.3 is 5.97 Å². The van der Waals surface area contributed by atoms with E-state index in [-0.39, 0.29) is 44.0 Å².